The predicted octanol–water partition coefficient (Wildman–Crippen LogP) is 5.02. The van der Waals surface area contributed by atoms with Crippen LogP contribution in [0.3, 0.4) is 0 Å². The van der Waals surface area contributed by atoms with E-state index in [0.717, 1.165) is 31.2 Å². The largest absolute Gasteiger partial charge is 0.355 e. The summed E-state index contributed by atoms with van der Waals surface area (Å²) >= 11 is 6.15. The van der Waals surface area contributed by atoms with E-state index in [1.54, 1.807) is 41.1 Å². The Morgan fingerprint density at radius 3 is 2.23 bits per heavy atom. The van der Waals surface area contributed by atoms with Gasteiger partial charge < -0.3 is 9.47 Å². The average molecular weight is 459 g/mol. The molecule has 1 aromatic carbocycles. The van der Waals surface area contributed by atoms with Crippen LogP contribution < -0.4 is 0 Å². The highest BCUT2D eigenvalue weighted by Crippen LogP contribution is 2.36. The number of ketones is 1. The molecule has 0 radical (unpaired) electrons. The van der Waals surface area contributed by atoms with Gasteiger partial charge in [-0.2, -0.15) is 0 Å². The highest BCUT2D eigenvalue weighted by Gasteiger charge is 2.35. The van der Waals surface area contributed by atoms with Crippen molar-refractivity contribution in [2.45, 2.75) is 69.8 Å². The van der Waals surface area contributed by atoms with Gasteiger partial charge >= 0.3 is 0 Å². The maximum Gasteiger partial charge on any atom is 0.164 e. The van der Waals surface area contributed by atoms with Crippen molar-refractivity contribution in [1.82, 2.24) is 0 Å². The zero-order valence-corrected chi connectivity index (χ0v) is 20.3. The van der Waals surface area contributed by atoms with Crippen LogP contribution in [0.5, 0.6) is 0 Å². The van der Waals surface area contributed by atoms with E-state index in [4.69, 9.17) is 21.1 Å². The molecule has 2 rings (SSSR count). The summed E-state index contributed by atoms with van der Waals surface area (Å²) in [5.41, 5.74) is 0.912. The molecule has 0 heterocycles. The lowest BCUT2D eigenvalue weighted by Gasteiger charge is -2.31. The highest BCUT2D eigenvalue weighted by molar-refractivity contribution is 7.92. The maximum absolute atomic E-state index is 13.1. The smallest absolute Gasteiger partial charge is 0.164 e. The number of Topliss-reactive ketones (excluding diaryl/α,β-unsaturated/α-hetero) is 1. The standard InChI is InChI=1S/C23H35ClO5S/c1-23(2,3)30(26,27)15-16-9-11-17(12-10-16)21(25)14-20(22(28-4)29-5)18-7-6-8-19(24)13-18/h6-8,13,16-17,20,22H,9-12,14-15H2,1-5H3. The molecule has 1 aliphatic rings. The van der Waals surface area contributed by atoms with Crippen molar-refractivity contribution in [1.29, 1.82) is 0 Å². The summed E-state index contributed by atoms with van der Waals surface area (Å²) in [6.07, 6.45) is 2.77. The molecule has 170 valence electrons. The third kappa shape index (κ3) is 6.52. The Morgan fingerprint density at radius 2 is 1.73 bits per heavy atom. The number of sulfone groups is 1. The molecule has 0 saturated heterocycles. The van der Waals surface area contributed by atoms with Gasteiger partial charge in [0.1, 0.15) is 5.78 Å². The summed E-state index contributed by atoms with van der Waals surface area (Å²) in [6, 6.07) is 7.44. The first-order valence-corrected chi connectivity index (χ1v) is 12.6. The van der Waals surface area contributed by atoms with Gasteiger partial charge in [0.05, 0.1) is 10.5 Å². The van der Waals surface area contributed by atoms with Crippen molar-refractivity contribution in [3.05, 3.63) is 34.9 Å². The van der Waals surface area contributed by atoms with Gasteiger partial charge in [-0.05, 0) is 70.1 Å². The van der Waals surface area contributed by atoms with Crippen LogP contribution in [-0.4, -0.2) is 45.2 Å². The predicted molar refractivity (Wildman–Crippen MR) is 121 cm³/mol. The number of hydrogen-bond donors (Lipinski definition) is 0. The van der Waals surface area contributed by atoms with Gasteiger partial charge in [0.15, 0.2) is 16.1 Å². The van der Waals surface area contributed by atoms with E-state index in [0.29, 0.717) is 11.4 Å². The summed E-state index contributed by atoms with van der Waals surface area (Å²) in [7, 11) is -0.00966. The molecule has 0 bridgehead atoms. The van der Waals surface area contributed by atoms with Crippen molar-refractivity contribution in [3.8, 4) is 0 Å². The third-order valence-corrected chi connectivity index (χ3v) is 9.19. The maximum atomic E-state index is 13.1. The van der Waals surface area contributed by atoms with E-state index < -0.39 is 20.9 Å². The molecule has 1 saturated carbocycles. The van der Waals surface area contributed by atoms with Gasteiger partial charge in [0, 0.05) is 37.5 Å². The van der Waals surface area contributed by atoms with Crippen LogP contribution in [0.1, 0.15) is 64.4 Å². The van der Waals surface area contributed by atoms with Crippen molar-refractivity contribution < 1.29 is 22.7 Å². The van der Waals surface area contributed by atoms with Crippen LogP contribution in [-0.2, 0) is 24.1 Å². The lowest BCUT2D eigenvalue weighted by atomic mass is 9.78. The van der Waals surface area contributed by atoms with Crippen LogP contribution in [0, 0.1) is 11.8 Å². The van der Waals surface area contributed by atoms with Gasteiger partial charge in [-0.1, -0.05) is 23.7 Å². The molecular weight excluding hydrogens is 424 g/mol. The number of hydrogen-bond acceptors (Lipinski definition) is 5. The number of methoxy groups -OCH3 is 2. The molecule has 1 aromatic rings. The van der Waals surface area contributed by atoms with Crippen molar-refractivity contribution in [3.63, 3.8) is 0 Å². The van der Waals surface area contributed by atoms with Crippen LogP contribution in [0.25, 0.3) is 0 Å². The molecule has 1 atom stereocenters. The SMILES string of the molecule is COC(OC)C(CC(=O)C1CCC(CS(=O)(=O)C(C)(C)C)CC1)c1cccc(Cl)c1. The monoisotopic (exact) mass is 458 g/mol. The second-order valence-corrected chi connectivity index (χ2v) is 12.5. The number of rotatable bonds is 9. The Balaban J connectivity index is 2.02. The topological polar surface area (TPSA) is 69.7 Å². The summed E-state index contributed by atoms with van der Waals surface area (Å²) in [6.45, 7) is 5.24. The van der Waals surface area contributed by atoms with Gasteiger partial charge in [0.2, 0.25) is 0 Å². The minimum absolute atomic E-state index is 0.0466. The van der Waals surface area contributed by atoms with Crippen LogP contribution >= 0.6 is 11.6 Å². The lowest BCUT2D eigenvalue weighted by molar-refractivity contribution is -0.136. The first-order chi connectivity index (χ1) is 14.0. The van der Waals surface area contributed by atoms with Crippen molar-refractivity contribution in [2.75, 3.05) is 20.0 Å². The summed E-state index contributed by atoms with van der Waals surface area (Å²) in [5.74, 6) is 0.224. The molecule has 1 fully saturated rings. The first-order valence-electron chi connectivity index (χ1n) is 10.5. The lowest BCUT2D eigenvalue weighted by Crippen LogP contribution is -2.35. The summed E-state index contributed by atoms with van der Waals surface area (Å²) in [4.78, 5) is 13.1. The molecule has 1 unspecified atom stereocenters. The molecule has 0 amide bonds. The van der Waals surface area contributed by atoms with Crippen molar-refractivity contribution >= 4 is 27.2 Å². The van der Waals surface area contributed by atoms with Crippen LogP contribution in [0.2, 0.25) is 5.02 Å². The molecule has 1 aliphatic carbocycles. The number of benzene rings is 1. The fraction of sp³-hybridized carbons (Fsp3) is 0.696. The normalized spacial score (nSPS) is 21.6. The average Bonchev–Trinajstić information content (AvgIpc) is 2.67. The van der Waals surface area contributed by atoms with Crippen molar-refractivity contribution in [2.24, 2.45) is 11.8 Å². The Hall–Kier alpha value is -0.950. The van der Waals surface area contributed by atoms with E-state index in [2.05, 4.69) is 0 Å². The minimum atomic E-state index is -3.14. The zero-order chi connectivity index (χ0) is 22.5. The second-order valence-electron chi connectivity index (χ2n) is 9.28. The van der Waals surface area contributed by atoms with E-state index in [1.165, 1.54) is 0 Å². The van der Waals surface area contributed by atoms with Gasteiger partial charge in [-0.25, -0.2) is 8.42 Å². The summed E-state index contributed by atoms with van der Waals surface area (Å²) < 4.78 is 35.2. The van der Waals surface area contributed by atoms with E-state index in [-0.39, 0.29) is 29.3 Å². The molecule has 5 nitrogen and oxygen atoms in total. The number of carbonyl (C=O) groups excluding carboxylic acids is 1. The molecule has 0 spiro atoms. The Bertz CT molecular complexity index is 803. The number of carbonyl (C=O) groups is 1. The fourth-order valence-electron chi connectivity index (χ4n) is 4.13. The zero-order valence-electron chi connectivity index (χ0n) is 18.7. The quantitative estimate of drug-likeness (QED) is 0.486. The van der Waals surface area contributed by atoms with Gasteiger partial charge in [0.25, 0.3) is 0 Å². The Labute approximate surface area is 186 Å². The van der Waals surface area contributed by atoms with E-state index in [9.17, 15) is 13.2 Å². The summed E-state index contributed by atoms with van der Waals surface area (Å²) in [5, 5.41) is 0.608. The fourth-order valence-corrected chi connectivity index (χ4v) is 5.78. The second kappa shape index (κ2) is 10.6. The van der Waals surface area contributed by atoms with E-state index >= 15 is 0 Å². The number of ether oxygens (including phenoxy) is 2. The molecular formula is C23H35ClO5S. The Kier molecular flexibility index (Phi) is 8.92. The molecule has 0 aromatic heterocycles. The van der Waals surface area contributed by atoms with Gasteiger partial charge in [-0.3, -0.25) is 4.79 Å². The molecule has 0 N–H and O–H groups in total. The minimum Gasteiger partial charge on any atom is -0.355 e. The van der Waals surface area contributed by atoms with E-state index in [1.807, 2.05) is 18.2 Å². The van der Waals surface area contributed by atoms with Crippen LogP contribution in [0.4, 0.5) is 0 Å². The molecule has 30 heavy (non-hydrogen) atoms. The third-order valence-electron chi connectivity index (χ3n) is 6.18. The van der Waals surface area contributed by atoms with Gasteiger partial charge in [-0.15, -0.1) is 0 Å². The molecule has 7 heteroatoms. The number of halogens is 1. The molecule has 0 aliphatic heterocycles. The van der Waals surface area contributed by atoms with Crippen LogP contribution in [0.15, 0.2) is 24.3 Å². The Morgan fingerprint density at radius 1 is 1.13 bits per heavy atom. The first kappa shape index (κ1) is 25.3. The highest BCUT2D eigenvalue weighted by atomic mass is 35.5.